The number of hydrogen-bond donors (Lipinski definition) is 2. The fourth-order valence-corrected chi connectivity index (χ4v) is 2.20. The number of rotatable bonds is 5. The molecule has 114 valence electrons. The Kier molecular flexibility index (Phi) is 3.66. The second kappa shape index (κ2) is 5.63. The molecule has 0 saturated heterocycles. The van der Waals surface area contributed by atoms with Gasteiger partial charge in [-0.25, -0.2) is 4.98 Å². The Hall–Kier alpha value is -2.63. The highest BCUT2D eigenvalue weighted by Gasteiger charge is 2.30. The molecule has 6 heteroatoms. The lowest BCUT2D eigenvalue weighted by molar-refractivity contribution is -0.136. The van der Waals surface area contributed by atoms with Crippen molar-refractivity contribution in [3.63, 3.8) is 0 Å². The summed E-state index contributed by atoms with van der Waals surface area (Å²) in [5.41, 5.74) is 1.85. The number of carbonyl (C=O) groups is 2. The first kappa shape index (κ1) is 14.3. The van der Waals surface area contributed by atoms with Crippen LogP contribution in [0.15, 0.2) is 28.7 Å². The third-order valence-corrected chi connectivity index (χ3v) is 3.51. The molecule has 1 aliphatic rings. The normalized spacial score (nSPS) is 13.9. The van der Waals surface area contributed by atoms with Gasteiger partial charge in [-0.15, -0.1) is 0 Å². The van der Waals surface area contributed by atoms with Gasteiger partial charge in [0.05, 0.1) is 12.1 Å². The standard InChI is InChI=1S/C16H16N2O4/c1-9-14(22-16(17-9)11-4-5-11)15(21)18-12-6-2-10(3-7-12)8-13(19)20/h2-3,6-7,11H,4-5,8H2,1H3,(H,18,21)(H,19,20). The molecular weight excluding hydrogens is 284 g/mol. The summed E-state index contributed by atoms with van der Waals surface area (Å²) in [5.74, 6) is -0.00363. The monoisotopic (exact) mass is 300 g/mol. The predicted octanol–water partition coefficient (Wildman–Crippen LogP) is 2.74. The molecule has 1 amide bonds. The first-order chi connectivity index (χ1) is 10.5. The molecule has 2 N–H and O–H groups in total. The molecule has 1 saturated carbocycles. The summed E-state index contributed by atoms with van der Waals surface area (Å²) in [6, 6.07) is 6.69. The number of aliphatic carboxylic acids is 1. The minimum Gasteiger partial charge on any atom is -0.481 e. The molecule has 1 aromatic carbocycles. The van der Waals surface area contributed by atoms with Gasteiger partial charge in [-0.1, -0.05) is 12.1 Å². The summed E-state index contributed by atoms with van der Waals surface area (Å²) < 4.78 is 5.55. The second-order valence-corrected chi connectivity index (χ2v) is 5.46. The lowest BCUT2D eigenvalue weighted by atomic mass is 10.1. The van der Waals surface area contributed by atoms with Crippen molar-refractivity contribution in [3.05, 3.63) is 47.2 Å². The second-order valence-electron chi connectivity index (χ2n) is 5.46. The Bertz CT molecular complexity index is 714. The van der Waals surface area contributed by atoms with E-state index >= 15 is 0 Å². The van der Waals surface area contributed by atoms with Gasteiger partial charge in [0, 0.05) is 11.6 Å². The van der Waals surface area contributed by atoms with Crippen molar-refractivity contribution in [1.82, 2.24) is 4.98 Å². The largest absolute Gasteiger partial charge is 0.481 e. The molecular formula is C16H16N2O4. The van der Waals surface area contributed by atoms with E-state index in [2.05, 4.69) is 10.3 Å². The molecule has 1 heterocycles. The van der Waals surface area contributed by atoms with Crippen LogP contribution in [0, 0.1) is 6.92 Å². The first-order valence-corrected chi connectivity index (χ1v) is 7.12. The minimum atomic E-state index is -0.887. The molecule has 0 unspecified atom stereocenters. The minimum absolute atomic E-state index is 0.0415. The molecule has 0 radical (unpaired) electrons. The highest BCUT2D eigenvalue weighted by molar-refractivity contribution is 6.02. The smallest absolute Gasteiger partial charge is 0.307 e. The number of nitrogens with one attached hydrogen (secondary N) is 1. The summed E-state index contributed by atoms with van der Waals surface area (Å²) in [5, 5.41) is 11.5. The summed E-state index contributed by atoms with van der Waals surface area (Å²) >= 11 is 0. The van der Waals surface area contributed by atoms with E-state index in [0.29, 0.717) is 28.8 Å². The van der Waals surface area contributed by atoms with Crippen LogP contribution in [0.4, 0.5) is 5.69 Å². The lowest BCUT2D eigenvalue weighted by Gasteiger charge is -2.04. The maximum atomic E-state index is 12.2. The van der Waals surface area contributed by atoms with Crippen LogP contribution >= 0.6 is 0 Å². The third-order valence-electron chi connectivity index (χ3n) is 3.51. The van der Waals surface area contributed by atoms with Crippen LogP contribution in [-0.2, 0) is 11.2 Å². The van der Waals surface area contributed by atoms with Gasteiger partial charge in [-0.05, 0) is 37.5 Å². The van der Waals surface area contributed by atoms with Gasteiger partial charge in [0.2, 0.25) is 5.76 Å². The van der Waals surface area contributed by atoms with Gasteiger partial charge < -0.3 is 14.8 Å². The fraction of sp³-hybridized carbons (Fsp3) is 0.312. The molecule has 1 fully saturated rings. The van der Waals surface area contributed by atoms with Crippen molar-refractivity contribution in [1.29, 1.82) is 0 Å². The van der Waals surface area contributed by atoms with Crippen LogP contribution in [0.25, 0.3) is 0 Å². The zero-order valence-electron chi connectivity index (χ0n) is 12.1. The topological polar surface area (TPSA) is 92.4 Å². The van der Waals surface area contributed by atoms with E-state index in [-0.39, 0.29) is 18.1 Å². The van der Waals surface area contributed by atoms with Crippen LogP contribution in [-0.4, -0.2) is 22.0 Å². The summed E-state index contributed by atoms with van der Waals surface area (Å²) in [6.45, 7) is 1.75. The molecule has 6 nitrogen and oxygen atoms in total. The van der Waals surface area contributed by atoms with Crippen LogP contribution in [0.1, 0.15) is 46.5 Å². The Morgan fingerprint density at radius 1 is 1.32 bits per heavy atom. The molecule has 2 aromatic rings. The van der Waals surface area contributed by atoms with Crippen LogP contribution < -0.4 is 5.32 Å². The Balaban J connectivity index is 1.69. The molecule has 3 rings (SSSR count). The number of anilines is 1. The number of carboxylic acid groups (broad SMARTS) is 1. The van der Waals surface area contributed by atoms with E-state index < -0.39 is 5.97 Å². The van der Waals surface area contributed by atoms with Gasteiger partial charge in [0.15, 0.2) is 5.89 Å². The molecule has 0 bridgehead atoms. The number of amides is 1. The Morgan fingerprint density at radius 2 is 2.00 bits per heavy atom. The summed E-state index contributed by atoms with van der Waals surface area (Å²) in [6.07, 6.45) is 2.08. The molecule has 0 atom stereocenters. The number of hydrogen-bond acceptors (Lipinski definition) is 4. The average molecular weight is 300 g/mol. The summed E-state index contributed by atoms with van der Waals surface area (Å²) in [4.78, 5) is 27.1. The quantitative estimate of drug-likeness (QED) is 0.885. The van der Waals surface area contributed by atoms with E-state index in [1.807, 2.05) is 0 Å². The Morgan fingerprint density at radius 3 is 2.59 bits per heavy atom. The zero-order valence-corrected chi connectivity index (χ0v) is 12.1. The van der Waals surface area contributed by atoms with Crippen molar-refractivity contribution in [2.45, 2.75) is 32.1 Å². The molecule has 0 spiro atoms. The number of benzene rings is 1. The highest BCUT2D eigenvalue weighted by Crippen LogP contribution is 2.40. The van der Waals surface area contributed by atoms with Crippen LogP contribution in [0.2, 0.25) is 0 Å². The molecule has 22 heavy (non-hydrogen) atoms. The highest BCUT2D eigenvalue weighted by atomic mass is 16.4. The van der Waals surface area contributed by atoms with Crippen molar-refractivity contribution in [2.24, 2.45) is 0 Å². The van der Waals surface area contributed by atoms with Gasteiger partial charge in [0.25, 0.3) is 5.91 Å². The summed E-state index contributed by atoms with van der Waals surface area (Å²) in [7, 11) is 0. The van der Waals surface area contributed by atoms with Gasteiger partial charge in [0.1, 0.15) is 0 Å². The number of oxazole rings is 1. The van der Waals surface area contributed by atoms with E-state index in [1.165, 1.54) is 0 Å². The zero-order chi connectivity index (χ0) is 15.7. The van der Waals surface area contributed by atoms with Gasteiger partial charge >= 0.3 is 5.97 Å². The maximum absolute atomic E-state index is 12.2. The van der Waals surface area contributed by atoms with Gasteiger partial charge in [-0.2, -0.15) is 0 Å². The van der Waals surface area contributed by atoms with E-state index in [1.54, 1.807) is 31.2 Å². The maximum Gasteiger partial charge on any atom is 0.307 e. The number of aromatic nitrogens is 1. The van der Waals surface area contributed by atoms with E-state index in [4.69, 9.17) is 9.52 Å². The number of carboxylic acids is 1. The third kappa shape index (κ3) is 3.16. The number of nitrogens with zero attached hydrogens (tertiary/aromatic N) is 1. The van der Waals surface area contributed by atoms with Gasteiger partial charge in [-0.3, -0.25) is 9.59 Å². The van der Waals surface area contributed by atoms with Crippen molar-refractivity contribution < 1.29 is 19.1 Å². The molecule has 0 aliphatic heterocycles. The van der Waals surface area contributed by atoms with Crippen LogP contribution in [0.5, 0.6) is 0 Å². The van der Waals surface area contributed by atoms with E-state index in [9.17, 15) is 9.59 Å². The molecule has 1 aromatic heterocycles. The van der Waals surface area contributed by atoms with Crippen molar-refractivity contribution in [2.75, 3.05) is 5.32 Å². The average Bonchev–Trinajstić information content (AvgIpc) is 3.23. The lowest BCUT2D eigenvalue weighted by Crippen LogP contribution is -2.12. The SMILES string of the molecule is Cc1nc(C2CC2)oc1C(=O)Nc1ccc(CC(=O)O)cc1. The molecule has 1 aliphatic carbocycles. The number of aryl methyl sites for hydroxylation is 1. The number of carbonyl (C=O) groups excluding carboxylic acids is 1. The first-order valence-electron chi connectivity index (χ1n) is 7.12. The van der Waals surface area contributed by atoms with E-state index in [0.717, 1.165) is 12.8 Å². The fourth-order valence-electron chi connectivity index (χ4n) is 2.20. The van der Waals surface area contributed by atoms with Crippen molar-refractivity contribution in [3.8, 4) is 0 Å². The van der Waals surface area contributed by atoms with Crippen LogP contribution in [0.3, 0.4) is 0 Å². The predicted molar refractivity (Wildman–Crippen MR) is 79.0 cm³/mol. The Labute approximate surface area is 127 Å². The van der Waals surface area contributed by atoms with Crippen molar-refractivity contribution >= 4 is 17.6 Å².